The lowest BCUT2D eigenvalue weighted by molar-refractivity contribution is -0.124. The maximum Gasteiger partial charge on any atom is 0.267 e. The third kappa shape index (κ3) is 2.88. The number of anilines is 2. The SMILES string of the molecule is C[C@@H](Oc1ccc(F)cc1)C(=O)N1CCN2CCOc3cccc1c32. The fourth-order valence-electron chi connectivity index (χ4n) is 3.32. The maximum atomic E-state index is 13.0. The van der Waals surface area contributed by atoms with Gasteiger partial charge in [0.1, 0.15) is 29.6 Å². The van der Waals surface area contributed by atoms with Gasteiger partial charge in [0.15, 0.2) is 6.10 Å². The Morgan fingerprint density at radius 3 is 2.76 bits per heavy atom. The van der Waals surface area contributed by atoms with Crippen LogP contribution in [-0.4, -0.2) is 38.3 Å². The van der Waals surface area contributed by atoms with E-state index in [0.29, 0.717) is 18.9 Å². The van der Waals surface area contributed by atoms with Gasteiger partial charge in [-0.1, -0.05) is 6.07 Å². The van der Waals surface area contributed by atoms with Crippen molar-refractivity contribution in [1.82, 2.24) is 0 Å². The molecule has 2 heterocycles. The minimum Gasteiger partial charge on any atom is -0.489 e. The van der Waals surface area contributed by atoms with E-state index in [1.165, 1.54) is 24.3 Å². The van der Waals surface area contributed by atoms with Gasteiger partial charge in [0.2, 0.25) is 0 Å². The molecule has 0 saturated heterocycles. The second-order valence-corrected chi connectivity index (χ2v) is 6.16. The van der Waals surface area contributed by atoms with Crippen molar-refractivity contribution < 1.29 is 18.7 Å². The number of hydrogen-bond donors (Lipinski definition) is 0. The average molecular weight is 342 g/mol. The van der Waals surface area contributed by atoms with E-state index in [2.05, 4.69) is 4.90 Å². The van der Waals surface area contributed by atoms with Crippen LogP contribution in [0.2, 0.25) is 0 Å². The molecule has 25 heavy (non-hydrogen) atoms. The second kappa shape index (κ2) is 6.27. The molecule has 0 aliphatic carbocycles. The molecule has 0 saturated carbocycles. The van der Waals surface area contributed by atoms with Gasteiger partial charge in [-0.2, -0.15) is 0 Å². The Hall–Kier alpha value is -2.76. The van der Waals surface area contributed by atoms with Crippen LogP contribution in [0.15, 0.2) is 42.5 Å². The zero-order valence-corrected chi connectivity index (χ0v) is 13.9. The lowest BCUT2D eigenvalue weighted by atomic mass is 10.1. The van der Waals surface area contributed by atoms with Crippen LogP contribution >= 0.6 is 0 Å². The van der Waals surface area contributed by atoms with Crippen LogP contribution in [0.4, 0.5) is 15.8 Å². The first-order valence-corrected chi connectivity index (χ1v) is 8.38. The normalized spacial score (nSPS) is 16.7. The molecule has 0 bridgehead atoms. The van der Waals surface area contributed by atoms with Gasteiger partial charge in [0.05, 0.1) is 12.2 Å². The van der Waals surface area contributed by atoms with Crippen LogP contribution in [0.25, 0.3) is 0 Å². The lowest BCUT2D eigenvalue weighted by Gasteiger charge is -2.41. The summed E-state index contributed by atoms with van der Waals surface area (Å²) in [5.74, 6) is 0.828. The molecule has 2 aromatic carbocycles. The average Bonchev–Trinajstić information content (AvgIpc) is 2.64. The van der Waals surface area contributed by atoms with Crippen molar-refractivity contribution in [1.29, 1.82) is 0 Å². The molecule has 130 valence electrons. The highest BCUT2D eigenvalue weighted by molar-refractivity contribution is 6.01. The summed E-state index contributed by atoms with van der Waals surface area (Å²) >= 11 is 0. The van der Waals surface area contributed by atoms with Gasteiger partial charge in [-0.3, -0.25) is 4.79 Å². The molecule has 1 atom stereocenters. The largest absolute Gasteiger partial charge is 0.489 e. The monoisotopic (exact) mass is 342 g/mol. The quantitative estimate of drug-likeness (QED) is 0.860. The number of benzene rings is 2. The number of hydrogen-bond acceptors (Lipinski definition) is 4. The van der Waals surface area contributed by atoms with Gasteiger partial charge in [0.25, 0.3) is 5.91 Å². The van der Waals surface area contributed by atoms with E-state index < -0.39 is 6.10 Å². The fourth-order valence-corrected chi connectivity index (χ4v) is 3.32. The number of amides is 1. The van der Waals surface area contributed by atoms with Crippen molar-refractivity contribution in [2.45, 2.75) is 13.0 Å². The van der Waals surface area contributed by atoms with Crippen LogP contribution in [0.5, 0.6) is 11.5 Å². The number of halogens is 1. The molecule has 0 N–H and O–H groups in total. The van der Waals surface area contributed by atoms with Crippen molar-refractivity contribution in [3.63, 3.8) is 0 Å². The highest BCUT2D eigenvalue weighted by Gasteiger charge is 2.33. The summed E-state index contributed by atoms with van der Waals surface area (Å²) in [6.45, 7) is 4.57. The Bertz CT molecular complexity index is 794. The van der Waals surface area contributed by atoms with Crippen LogP contribution < -0.4 is 19.3 Å². The molecular formula is C19H19FN2O3. The number of nitrogens with zero attached hydrogens (tertiary/aromatic N) is 2. The number of carbonyl (C=O) groups is 1. The lowest BCUT2D eigenvalue weighted by Crippen LogP contribution is -2.50. The topological polar surface area (TPSA) is 42.0 Å². The molecule has 0 fully saturated rings. The third-order valence-corrected chi connectivity index (χ3v) is 4.54. The maximum absolute atomic E-state index is 13.0. The molecule has 2 aromatic rings. The van der Waals surface area contributed by atoms with E-state index in [4.69, 9.17) is 9.47 Å². The van der Waals surface area contributed by atoms with Crippen LogP contribution in [0.3, 0.4) is 0 Å². The predicted octanol–water partition coefficient (Wildman–Crippen LogP) is 2.84. The van der Waals surface area contributed by atoms with E-state index in [1.807, 2.05) is 18.2 Å². The number of rotatable bonds is 3. The Balaban J connectivity index is 1.57. The summed E-state index contributed by atoms with van der Waals surface area (Å²) in [6.07, 6.45) is -0.669. The van der Waals surface area contributed by atoms with Crippen molar-refractivity contribution in [2.75, 3.05) is 36.0 Å². The van der Waals surface area contributed by atoms with Gasteiger partial charge >= 0.3 is 0 Å². The molecule has 0 radical (unpaired) electrons. The highest BCUT2D eigenvalue weighted by Crippen LogP contribution is 2.42. The Morgan fingerprint density at radius 1 is 1.16 bits per heavy atom. The van der Waals surface area contributed by atoms with Crippen molar-refractivity contribution >= 4 is 17.3 Å². The number of para-hydroxylation sites is 1. The number of ether oxygens (including phenoxy) is 2. The van der Waals surface area contributed by atoms with Crippen molar-refractivity contribution in [3.05, 3.63) is 48.3 Å². The van der Waals surface area contributed by atoms with Crippen LogP contribution in [-0.2, 0) is 4.79 Å². The molecule has 0 unspecified atom stereocenters. The van der Waals surface area contributed by atoms with Crippen LogP contribution in [0.1, 0.15) is 6.92 Å². The van der Waals surface area contributed by atoms with E-state index in [9.17, 15) is 9.18 Å². The van der Waals surface area contributed by atoms with E-state index >= 15 is 0 Å². The van der Waals surface area contributed by atoms with Crippen molar-refractivity contribution in [2.24, 2.45) is 0 Å². The molecule has 0 spiro atoms. The smallest absolute Gasteiger partial charge is 0.267 e. The minimum absolute atomic E-state index is 0.122. The Labute approximate surface area is 145 Å². The highest BCUT2D eigenvalue weighted by atomic mass is 19.1. The molecule has 2 aliphatic rings. The predicted molar refractivity (Wildman–Crippen MR) is 93.0 cm³/mol. The summed E-state index contributed by atoms with van der Waals surface area (Å²) in [5.41, 5.74) is 1.82. The first-order chi connectivity index (χ1) is 12.1. The summed E-state index contributed by atoms with van der Waals surface area (Å²) in [5, 5.41) is 0. The van der Waals surface area contributed by atoms with Gasteiger partial charge < -0.3 is 19.3 Å². The molecular weight excluding hydrogens is 323 g/mol. The van der Waals surface area contributed by atoms with Gasteiger partial charge in [-0.15, -0.1) is 0 Å². The standard InChI is InChI=1S/C19H19FN2O3/c1-13(25-15-7-5-14(20)6-8-15)19(23)22-10-9-21-11-12-24-17-4-2-3-16(22)18(17)21/h2-8,13H,9-12H2,1H3/t13-/m1/s1. The van der Waals surface area contributed by atoms with Crippen LogP contribution in [0, 0.1) is 5.82 Å². The third-order valence-electron chi connectivity index (χ3n) is 4.54. The van der Waals surface area contributed by atoms with E-state index in [-0.39, 0.29) is 11.7 Å². The zero-order valence-electron chi connectivity index (χ0n) is 13.9. The number of carbonyl (C=O) groups excluding carboxylic acids is 1. The van der Waals surface area contributed by atoms with Gasteiger partial charge in [-0.05, 0) is 43.3 Å². The molecule has 6 heteroatoms. The summed E-state index contributed by atoms with van der Waals surface area (Å²) in [7, 11) is 0. The summed E-state index contributed by atoms with van der Waals surface area (Å²) in [4.78, 5) is 16.9. The minimum atomic E-state index is -0.669. The molecule has 2 aliphatic heterocycles. The van der Waals surface area contributed by atoms with Gasteiger partial charge in [-0.25, -0.2) is 4.39 Å². The Morgan fingerprint density at radius 2 is 1.96 bits per heavy atom. The molecule has 1 amide bonds. The first kappa shape index (κ1) is 15.7. The van der Waals surface area contributed by atoms with Gasteiger partial charge in [0, 0.05) is 13.1 Å². The summed E-state index contributed by atoms with van der Waals surface area (Å²) in [6, 6.07) is 11.4. The Kier molecular flexibility index (Phi) is 3.95. The molecule has 0 aromatic heterocycles. The summed E-state index contributed by atoms with van der Waals surface area (Å²) < 4.78 is 24.4. The molecule has 5 nitrogen and oxygen atoms in total. The molecule has 4 rings (SSSR count). The van der Waals surface area contributed by atoms with Crippen molar-refractivity contribution in [3.8, 4) is 11.5 Å². The first-order valence-electron chi connectivity index (χ1n) is 8.38. The van der Waals surface area contributed by atoms with E-state index in [0.717, 1.165) is 30.2 Å². The zero-order chi connectivity index (χ0) is 17.4. The fraction of sp³-hybridized carbons (Fsp3) is 0.316. The second-order valence-electron chi connectivity index (χ2n) is 6.16. The van der Waals surface area contributed by atoms with E-state index in [1.54, 1.807) is 11.8 Å².